The topological polar surface area (TPSA) is 101 Å². The van der Waals surface area contributed by atoms with Gasteiger partial charge in [0.2, 0.25) is 0 Å². The zero-order chi connectivity index (χ0) is 32.4. The Morgan fingerprint density at radius 3 is 2.31 bits per heavy atom. The Morgan fingerprint density at radius 1 is 0.911 bits per heavy atom. The maximum absolute atomic E-state index is 13.4. The lowest BCUT2D eigenvalue weighted by molar-refractivity contribution is -0.0429. The summed E-state index contributed by atoms with van der Waals surface area (Å²) in [6.07, 6.45) is 4.55. The minimum Gasteiger partial charge on any atom is -0.478 e. The molecule has 1 aromatic heterocycles. The normalized spacial score (nSPS) is 12.0. The van der Waals surface area contributed by atoms with Crippen LogP contribution in [0.4, 0.5) is 18.9 Å². The van der Waals surface area contributed by atoms with Crippen molar-refractivity contribution in [2.75, 3.05) is 4.72 Å². The molecule has 0 saturated carbocycles. The molecule has 0 aliphatic heterocycles. The van der Waals surface area contributed by atoms with Crippen LogP contribution in [0.1, 0.15) is 27.3 Å². The molecule has 230 valence electrons. The van der Waals surface area contributed by atoms with E-state index in [0.29, 0.717) is 38.0 Å². The van der Waals surface area contributed by atoms with E-state index >= 15 is 0 Å². The van der Waals surface area contributed by atoms with Gasteiger partial charge in [0.15, 0.2) is 0 Å². The number of anilines is 1. The number of aromatic nitrogens is 2. The molecule has 0 aliphatic carbocycles. The second-order valence-electron chi connectivity index (χ2n) is 9.75. The average molecular weight is 673 g/mol. The number of imidazole rings is 1. The molecule has 0 amide bonds. The molecule has 0 saturated heterocycles. The first-order chi connectivity index (χ1) is 21.3. The number of benzene rings is 4. The van der Waals surface area contributed by atoms with E-state index in [9.17, 15) is 31.5 Å². The monoisotopic (exact) mass is 671 g/mol. The maximum Gasteiger partial charge on any atom is 0.516 e. The zero-order valence-electron chi connectivity index (χ0n) is 23.0. The second-order valence-corrected chi connectivity index (χ2v) is 12.3. The third-order valence-corrected chi connectivity index (χ3v) is 8.37. The van der Waals surface area contributed by atoms with Crippen LogP contribution >= 0.6 is 23.2 Å². The number of carboxylic acid groups (broad SMARTS) is 1. The number of rotatable bonds is 9. The molecule has 0 bridgehead atoms. The molecule has 7 nitrogen and oxygen atoms in total. The Morgan fingerprint density at radius 2 is 1.62 bits per heavy atom. The Balaban J connectivity index is 1.61. The molecule has 0 atom stereocenters. The lowest BCUT2D eigenvalue weighted by atomic mass is 10.0. The number of halogens is 5. The van der Waals surface area contributed by atoms with Crippen LogP contribution in [-0.4, -0.2) is 34.6 Å². The fraction of sp³-hybridized carbons (Fsp3) is 0.0625. The molecule has 13 heteroatoms. The van der Waals surface area contributed by atoms with Crippen molar-refractivity contribution in [2.24, 2.45) is 0 Å². The highest BCUT2D eigenvalue weighted by Gasteiger charge is 2.46. The Hall–Kier alpha value is -4.58. The predicted molar refractivity (Wildman–Crippen MR) is 170 cm³/mol. The summed E-state index contributed by atoms with van der Waals surface area (Å²) in [6, 6.07) is 24.4. The molecule has 0 spiro atoms. The third kappa shape index (κ3) is 7.22. The van der Waals surface area contributed by atoms with E-state index in [4.69, 9.17) is 23.2 Å². The lowest BCUT2D eigenvalue weighted by Crippen LogP contribution is -2.30. The Bertz CT molecular complexity index is 2030. The van der Waals surface area contributed by atoms with Gasteiger partial charge >= 0.3 is 21.5 Å². The number of carboxylic acids is 1. The summed E-state index contributed by atoms with van der Waals surface area (Å²) < 4.78 is 67.6. The maximum atomic E-state index is 13.4. The van der Waals surface area contributed by atoms with Crippen LogP contribution in [0, 0.1) is 0 Å². The molecule has 0 fully saturated rings. The molecule has 0 unspecified atom stereocenters. The van der Waals surface area contributed by atoms with Crippen molar-refractivity contribution in [3.05, 3.63) is 130 Å². The molecule has 1 heterocycles. The molecular formula is C32H22Cl2F3N3O4S. The fourth-order valence-electron chi connectivity index (χ4n) is 4.53. The summed E-state index contributed by atoms with van der Waals surface area (Å²) in [5.41, 5.74) is -3.08. The smallest absolute Gasteiger partial charge is 0.478 e. The number of carbonyl (C=O) groups is 1. The van der Waals surface area contributed by atoms with Gasteiger partial charge in [-0.05, 0) is 64.7 Å². The van der Waals surface area contributed by atoms with Crippen molar-refractivity contribution >= 4 is 57.0 Å². The minimum absolute atomic E-state index is 0.0703. The first-order valence-electron chi connectivity index (χ1n) is 13.1. The first kappa shape index (κ1) is 31.8. The van der Waals surface area contributed by atoms with Gasteiger partial charge in [-0.2, -0.15) is 21.6 Å². The number of hydrogen-bond donors (Lipinski definition) is 2. The predicted octanol–water partition coefficient (Wildman–Crippen LogP) is 8.70. The van der Waals surface area contributed by atoms with Crippen molar-refractivity contribution < 1.29 is 31.5 Å². The fourth-order valence-corrected chi connectivity index (χ4v) is 5.62. The van der Waals surface area contributed by atoms with Crippen LogP contribution in [0.15, 0.2) is 97.2 Å². The summed E-state index contributed by atoms with van der Waals surface area (Å²) in [4.78, 5) is 16.5. The molecule has 4 aromatic carbocycles. The van der Waals surface area contributed by atoms with Crippen LogP contribution in [0.25, 0.3) is 34.5 Å². The average Bonchev–Trinajstić information content (AvgIpc) is 3.38. The Kier molecular flexibility index (Phi) is 9.06. The first-order valence-corrected chi connectivity index (χ1v) is 15.4. The van der Waals surface area contributed by atoms with Gasteiger partial charge < -0.3 is 9.67 Å². The molecule has 2 N–H and O–H groups in total. The van der Waals surface area contributed by atoms with Gasteiger partial charge in [0.05, 0.1) is 22.0 Å². The van der Waals surface area contributed by atoms with E-state index in [-0.39, 0.29) is 29.2 Å². The lowest BCUT2D eigenvalue weighted by Gasteiger charge is -2.14. The Labute approximate surface area is 266 Å². The molecule has 5 aromatic rings. The minimum atomic E-state index is -5.74. The van der Waals surface area contributed by atoms with Crippen LogP contribution in [0.2, 0.25) is 10.0 Å². The van der Waals surface area contributed by atoms with Gasteiger partial charge in [0.1, 0.15) is 5.82 Å². The molecule has 45 heavy (non-hydrogen) atoms. The van der Waals surface area contributed by atoms with Crippen LogP contribution in [0.3, 0.4) is 0 Å². The number of alkyl halides is 3. The number of sulfonamides is 1. The van der Waals surface area contributed by atoms with E-state index in [2.05, 4.69) is 4.98 Å². The van der Waals surface area contributed by atoms with Gasteiger partial charge in [-0.15, -0.1) is 0 Å². The summed E-state index contributed by atoms with van der Waals surface area (Å²) in [5, 5.41) is 10.4. The van der Waals surface area contributed by atoms with Crippen molar-refractivity contribution in [3.63, 3.8) is 0 Å². The molecule has 0 aliphatic rings. The summed E-state index contributed by atoms with van der Waals surface area (Å²) >= 11 is 12.5. The van der Waals surface area contributed by atoms with Crippen molar-refractivity contribution in [1.82, 2.24) is 9.55 Å². The van der Waals surface area contributed by atoms with Gasteiger partial charge in [-0.3, -0.25) is 4.72 Å². The van der Waals surface area contributed by atoms with Gasteiger partial charge in [-0.1, -0.05) is 83.9 Å². The van der Waals surface area contributed by atoms with Crippen LogP contribution in [0.5, 0.6) is 0 Å². The number of hydrogen-bond acceptors (Lipinski definition) is 4. The summed E-state index contributed by atoms with van der Waals surface area (Å²) in [7, 11) is -5.74. The number of nitrogens with one attached hydrogen (secondary N) is 1. The number of aromatic carboxylic acids is 1. The highest BCUT2D eigenvalue weighted by Crippen LogP contribution is 2.33. The quantitative estimate of drug-likeness (QED) is 0.163. The van der Waals surface area contributed by atoms with Crippen LogP contribution < -0.4 is 4.72 Å². The van der Waals surface area contributed by atoms with Crippen molar-refractivity contribution in [3.8, 4) is 22.4 Å². The summed E-state index contributed by atoms with van der Waals surface area (Å²) in [5.74, 6) is -0.836. The molecular weight excluding hydrogens is 650 g/mol. The molecule has 5 rings (SSSR count). The van der Waals surface area contributed by atoms with E-state index in [1.807, 2.05) is 0 Å². The van der Waals surface area contributed by atoms with E-state index in [1.165, 1.54) is 30.4 Å². The van der Waals surface area contributed by atoms with Gasteiger partial charge in [0, 0.05) is 23.3 Å². The van der Waals surface area contributed by atoms with Gasteiger partial charge in [-0.25, -0.2) is 9.78 Å². The van der Waals surface area contributed by atoms with Crippen LogP contribution in [-0.2, 0) is 16.6 Å². The second kappa shape index (κ2) is 12.8. The van der Waals surface area contributed by atoms with Crippen molar-refractivity contribution in [1.29, 1.82) is 0 Å². The van der Waals surface area contributed by atoms with Crippen molar-refractivity contribution in [2.45, 2.75) is 12.1 Å². The zero-order valence-corrected chi connectivity index (χ0v) is 25.3. The SMILES string of the molecule is O=C(O)c1ccccc1Cn1cc(-c2ccc(Cl)cc2Cl)nc1/C=C/c1ccc(-c2ccccc2)cc1NS(=O)(=O)C(F)(F)F. The van der Waals surface area contributed by atoms with E-state index in [0.717, 1.165) is 0 Å². The summed E-state index contributed by atoms with van der Waals surface area (Å²) in [6.45, 7) is 0.0703. The van der Waals surface area contributed by atoms with Gasteiger partial charge in [0.25, 0.3) is 0 Å². The molecule has 0 radical (unpaired) electrons. The standard InChI is InChI=1S/C32H22Cl2F3N3O4S/c33-24-13-14-26(27(34)17-24)29-19-40(18-23-8-4-5-9-25(23)31(41)42)30(38-29)15-12-21-10-11-22(20-6-2-1-3-7-20)16-28(21)39-45(43,44)32(35,36)37/h1-17,19,39H,18H2,(H,41,42)/b15-12+. The van der Waals surface area contributed by atoms with E-state index in [1.54, 1.807) is 88.3 Å². The highest BCUT2D eigenvalue weighted by atomic mass is 35.5. The third-order valence-electron chi connectivity index (χ3n) is 6.72. The largest absolute Gasteiger partial charge is 0.516 e. The van der Waals surface area contributed by atoms with E-state index < -0.39 is 21.5 Å². The highest BCUT2D eigenvalue weighted by molar-refractivity contribution is 7.93. The number of nitrogens with zero attached hydrogens (tertiary/aromatic N) is 2.